The van der Waals surface area contributed by atoms with Crippen LogP contribution in [0.25, 0.3) is 0 Å². The molecule has 0 aromatic heterocycles. The van der Waals surface area contributed by atoms with Gasteiger partial charge in [-0.3, -0.25) is 4.79 Å². The normalized spacial score (nSPS) is 22.5. The Kier molecular flexibility index (Phi) is 5.76. The van der Waals surface area contributed by atoms with E-state index in [2.05, 4.69) is 5.32 Å². The lowest BCUT2D eigenvalue weighted by Gasteiger charge is -2.35. The van der Waals surface area contributed by atoms with E-state index in [1.807, 2.05) is 13.8 Å². The average Bonchev–Trinajstić information content (AvgIpc) is 2.49. The number of hydrogen-bond acceptors (Lipinski definition) is 2. The Labute approximate surface area is 145 Å². The Balaban J connectivity index is 2.06. The molecule has 1 heterocycles. The van der Waals surface area contributed by atoms with Gasteiger partial charge in [0.2, 0.25) is 0 Å². The molecule has 1 aliphatic heterocycles. The number of rotatable bonds is 3. The maximum Gasteiger partial charge on any atom is 0.317 e. The molecular weight excluding hydrogens is 339 g/mol. The molecule has 126 valence electrons. The van der Waals surface area contributed by atoms with Crippen molar-refractivity contribution in [1.82, 2.24) is 10.2 Å². The lowest BCUT2D eigenvalue weighted by molar-refractivity contribution is -0.143. The molecule has 1 fully saturated rings. The minimum atomic E-state index is -0.861. The highest BCUT2D eigenvalue weighted by Gasteiger charge is 2.32. The lowest BCUT2D eigenvalue weighted by atomic mass is 9.91. The van der Waals surface area contributed by atoms with Gasteiger partial charge < -0.3 is 15.3 Å². The van der Waals surface area contributed by atoms with Gasteiger partial charge in [-0.1, -0.05) is 42.3 Å². The molecule has 2 amide bonds. The Morgan fingerprint density at radius 2 is 2.04 bits per heavy atom. The predicted octanol–water partition coefficient (Wildman–Crippen LogP) is 3.81. The highest BCUT2D eigenvalue weighted by molar-refractivity contribution is 6.42. The van der Waals surface area contributed by atoms with E-state index in [1.165, 1.54) is 0 Å². The van der Waals surface area contributed by atoms with E-state index in [9.17, 15) is 14.7 Å². The summed E-state index contributed by atoms with van der Waals surface area (Å²) in [5.74, 6) is -1.23. The van der Waals surface area contributed by atoms with Gasteiger partial charge in [-0.15, -0.1) is 0 Å². The molecule has 1 aliphatic rings. The quantitative estimate of drug-likeness (QED) is 0.862. The number of nitrogens with zero attached hydrogens (tertiary/aromatic N) is 1. The molecule has 23 heavy (non-hydrogen) atoms. The molecule has 2 N–H and O–H groups in total. The van der Waals surface area contributed by atoms with Crippen molar-refractivity contribution in [2.24, 2.45) is 11.8 Å². The number of aliphatic carboxylic acids is 1. The first-order valence-corrected chi connectivity index (χ1v) is 8.27. The highest BCUT2D eigenvalue weighted by Crippen LogP contribution is 2.30. The molecular formula is C16H20Cl2N2O3. The van der Waals surface area contributed by atoms with Gasteiger partial charge in [-0.2, -0.15) is 0 Å². The molecule has 0 radical (unpaired) electrons. The van der Waals surface area contributed by atoms with Crippen LogP contribution in [0.1, 0.15) is 31.9 Å². The van der Waals surface area contributed by atoms with Crippen molar-refractivity contribution in [1.29, 1.82) is 0 Å². The van der Waals surface area contributed by atoms with Crippen molar-refractivity contribution in [3.8, 4) is 0 Å². The van der Waals surface area contributed by atoms with Crippen LogP contribution in [-0.2, 0) is 4.79 Å². The predicted molar refractivity (Wildman–Crippen MR) is 89.9 cm³/mol. The molecule has 0 bridgehead atoms. The molecule has 2 rings (SSSR count). The van der Waals surface area contributed by atoms with Crippen LogP contribution in [0.3, 0.4) is 0 Å². The molecule has 1 saturated heterocycles. The van der Waals surface area contributed by atoms with Crippen molar-refractivity contribution in [3.05, 3.63) is 33.8 Å². The van der Waals surface area contributed by atoms with E-state index in [1.54, 1.807) is 23.1 Å². The summed E-state index contributed by atoms with van der Waals surface area (Å²) in [6.07, 6.45) is 0.592. The summed E-state index contributed by atoms with van der Waals surface area (Å²) in [6.45, 7) is 4.54. The Morgan fingerprint density at radius 1 is 1.35 bits per heavy atom. The smallest absolute Gasteiger partial charge is 0.317 e. The molecule has 0 saturated carbocycles. The molecule has 3 unspecified atom stereocenters. The van der Waals surface area contributed by atoms with Gasteiger partial charge in [0.05, 0.1) is 22.0 Å². The number of carbonyl (C=O) groups is 2. The van der Waals surface area contributed by atoms with Crippen LogP contribution in [0.2, 0.25) is 10.0 Å². The van der Waals surface area contributed by atoms with Crippen LogP contribution in [0, 0.1) is 11.8 Å². The number of halogens is 2. The Hall–Kier alpha value is -1.46. The van der Waals surface area contributed by atoms with Crippen LogP contribution >= 0.6 is 23.2 Å². The molecule has 1 aromatic rings. The zero-order chi connectivity index (χ0) is 17.1. The van der Waals surface area contributed by atoms with Crippen LogP contribution < -0.4 is 5.32 Å². The molecule has 7 heteroatoms. The van der Waals surface area contributed by atoms with Crippen LogP contribution in [0.4, 0.5) is 4.79 Å². The summed E-state index contributed by atoms with van der Waals surface area (Å²) >= 11 is 12.2. The maximum atomic E-state index is 12.4. The monoisotopic (exact) mass is 358 g/mol. The number of carboxylic acids is 1. The minimum Gasteiger partial charge on any atom is -0.481 e. The number of likely N-dealkylation sites (tertiary alicyclic amines) is 1. The molecule has 3 atom stereocenters. The SMILES string of the molecule is CC1CC(C(=O)O)CN(C(=O)NC(C)c2cccc(Cl)c2Cl)C1. The summed E-state index contributed by atoms with van der Waals surface area (Å²) in [7, 11) is 0. The summed E-state index contributed by atoms with van der Waals surface area (Å²) in [5.41, 5.74) is 0.729. The van der Waals surface area contributed by atoms with Gasteiger partial charge in [0.25, 0.3) is 0 Å². The van der Waals surface area contributed by atoms with Gasteiger partial charge in [-0.05, 0) is 30.9 Å². The van der Waals surface area contributed by atoms with Crippen LogP contribution in [0.5, 0.6) is 0 Å². The van der Waals surface area contributed by atoms with Crippen molar-refractivity contribution < 1.29 is 14.7 Å². The number of urea groups is 1. The third-order valence-corrected chi connectivity index (χ3v) is 4.92. The summed E-state index contributed by atoms with van der Waals surface area (Å²) in [5, 5.41) is 12.9. The number of nitrogens with one attached hydrogen (secondary N) is 1. The average molecular weight is 359 g/mol. The molecule has 0 spiro atoms. The van der Waals surface area contributed by atoms with Crippen molar-refractivity contribution >= 4 is 35.2 Å². The minimum absolute atomic E-state index is 0.153. The van der Waals surface area contributed by atoms with Gasteiger partial charge in [-0.25, -0.2) is 4.79 Å². The van der Waals surface area contributed by atoms with E-state index in [-0.39, 0.29) is 24.5 Å². The number of amides is 2. The van der Waals surface area contributed by atoms with Gasteiger partial charge in [0.15, 0.2) is 0 Å². The van der Waals surface area contributed by atoms with Gasteiger partial charge in [0.1, 0.15) is 0 Å². The summed E-state index contributed by atoms with van der Waals surface area (Å²) in [6, 6.07) is 4.65. The van der Waals surface area contributed by atoms with Crippen LogP contribution in [0.15, 0.2) is 18.2 Å². The Bertz CT molecular complexity index is 609. The number of carbonyl (C=O) groups excluding carboxylic acids is 1. The molecule has 0 aliphatic carbocycles. The first-order valence-electron chi connectivity index (χ1n) is 7.51. The van der Waals surface area contributed by atoms with E-state index in [4.69, 9.17) is 23.2 Å². The second-order valence-electron chi connectivity index (χ2n) is 6.10. The van der Waals surface area contributed by atoms with Crippen molar-refractivity contribution in [3.63, 3.8) is 0 Å². The van der Waals surface area contributed by atoms with Crippen LogP contribution in [-0.4, -0.2) is 35.1 Å². The lowest BCUT2D eigenvalue weighted by Crippen LogP contribution is -2.49. The highest BCUT2D eigenvalue weighted by atomic mass is 35.5. The standard InChI is InChI=1S/C16H20Cl2N2O3/c1-9-6-11(15(21)22)8-20(7-9)16(23)19-10(2)12-4-3-5-13(17)14(12)18/h3-5,9-11H,6-8H2,1-2H3,(H,19,23)(H,21,22). The second kappa shape index (κ2) is 7.41. The molecule has 5 nitrogen and oxygen atoms in total. The first kappa shape index (κ1) is 17.9. The van der Waals surface area contributed by atoms with Crippen molar-refractivity contribution in [2.45, 2.75) is 26.3 Å². The van der Waals surface area contributed by atoms with E-state index in [0.29, 0.717) is 23.0 Å². The molecule has 1 aromatic carbocycles. The van der Waals surface area contributed by atoms with Crippen molar-refractivity contribution in [2.75, 3.05) is 13.1 Å². The summed E-state index contributed by atoms with van der Waals surface area (Å²) in [4.78, 5) is 25.2. The zero-order valence-electron chi connectivity index (χ0n) is 13.1. The van der Waals surface area contributed by atoms with Gasteiger partial charge >= 0.3 is 12.0 Å². The fourth-order valence-electron chi connectivity index (χ4n) is 2.91. The number of piperidine rings is 1. The van der Waals surface area contributed by atoms with E-state index in [0.717, 1.165) is 5.56 Å². The largest absolute Gasteiger partial charge is 0.481 e. The first-order chi connectivity index (χ1) is 10.8. The fraction of sp³-hybridized carbons (Fsp3) is 0.500. The number of benzene rings is 1. The van der Waals surface area contributed by atoms with E-state index < -0.39 is 11.9 Å². The third kappa shape index (κ3) is 4.30. The Morgan fingerprint density at radius 3 is 2.70 bits per heavy atom. The zero-order valence-corrected chi connectivity index (χ0v) is 14.6. The fourth-order valence-corrected chi connectivity index (χ4v) is 3.38. The topological polar surface area (TPSA) is 69.6 Å². The van der Waals surface area contributed by atoms with E-state index >= 15 is 0 Å². The number of carboxylic acid groups (broad SMARTS) is 1. The summed E-state index contributed by atoms with van der Waals surface area (Å²) < 4.78 is 0. The number of hydrogen-bond donors (Lipinski definition) is 2. The van der Waals surface area contributed by atoms with Gasteiger partial charge in [0, 0.05) is 13.1 Å². The maximum absolute atomic E-state index is 12.4. The second-order valence-corrected chi connectivity index (χ2v) is 6.88. The third-order valence-electron chi connectivity index (χ3n) is 4.08.